The van der Waals surface area contributed by atoms with Crippen LogP contribution in [-0.4, -0.2) is 25.2 Å². The third-order valence-corrected chi connectivity index (χ3v) is 5.93. The van der Waals surface area contributed by atoms with Gasteiger partial charge >= 0.3 is 11.9 Å². The van der Waals surface area contributed by atoms with Crippen molar-refractivity contribution in [1.82, 2.24) is 0 Å². The first-order chi connectivity index (χ1) is 13.1. The molecule has 1 fully saturated rings. The van der Waals surface area contributed by atoms with Crippen LogP contribution < -0.4 is 0 Å². The van der Waals surface area contributed by atoms with Crippen LogP contribution in [0.5, 0.6) is 0 Å². The quantitative estimate of drug-likeness (QED) is 0.265. The van der Waals surface area contributed by atoms with Gasteiger partial charge in [-0.1, -0.05) is 78.1 Å². The van der Waals surface area contributed by atoms with E-state index < -0.39 is 5.41 Å². The molecule has 2 atom stereocenters. The van der Waals surface area contributed by atoms with Crippen molar-refractivity contribution in [3.8, 4) is 0 Å². The fourth-order valence-corrected chi connectivity index (χ4v) is 3.97. The van der Waals surface area contributed by atoms with E-state index in [4.69, 9.17) is 9.47 Å². The lowest BCUT2D eigenvalue weighted by atomic mass is 9.67. The first kappa shape index (κ1) is 24.0. The average Bonchev–Trinajstić information content (AvgIpc) is 2.67. The summed E-state index contributed by atoms with van der Waals surface area (Å²) in [5, 5.41) is 0. The van der Waals surface area contributed by atoms with Gasteiger partial charge in [-0.2, -0.15) is 0 Å². The second kappa shape index (κ2) is 14.0. The molecule has 0 aromatic rings. The molecule has 1 aliphatic carbocycles. The van der Waals surface area contributed by atoms with Crippen molar-refractivity contribution in [2.45, 2.75) is 111 Å². The van der Waals surface area contributed by atoms with Gasteiger partial charge in [-0.25, -0.2) is 0 Å². The van der Waals surface area contributed by atoms with Gasteiger partial charge in [0.25, 0.3) is 0 Å². The van der Waals surface area contributed by atoms with E-state index in [1.54, 1.807) is 0 Å². The van der Waals surface area contributed by atoms with Crippen LogP contribution in [0.1, 0.15) is 111 Å². The molecular weight excluding hydrogens is 340 g/mol. The summed E-state index contributed by atoms with van der Waals surface area (Å²) < 4.78 is 11.1. The second-order valence-corrected chi connectivity index (χ2v) is 8.35. The summed E-state index contributed by atoms with van der Waals surface area (Å²) >= 11 is 0. The van der Waals surface area contributed by atoms with Gasteiger partial charge in [-0.05, 0) is 32.6 Å². The Kier molecular flexibility index (Phi) is 12.4. The highest BCUT2D eigenvalue weighted by Crippen LogP contribution is 2.42. The zero-order valence-corrected chi connectivity index (χ0v) is 18.0. The molecule has 1 saturated carbocycles. The van der Waals surface area contributed by atoms with Crippen molar-refractivity contribution < 1.29 is 19.1 Å². The van der Waals surface area contributed by atoms with Crippen molar-refractivity contribution in [2.75, 3.05) is 13.2 Å². The van der Waals surface area contributed by atoms with Crippen molar-refractivity contribution in [1.29, 1.82) is 0 Å². The molecule has 158 valence electrons. The fourth-order valence-electron chi connectivity index (χ4n) is 3.97. The molecule has 0 radical (unpaired) electrons. The molecule has 0 saturated heterocycles. The number of esters is 2. The highest BCUT2D eigenvalue weighted by molar-refractivity contribution is 5.85. The largest absolute Gasteiger partial charge is 0.465 e. The molecule has 1 aliphatic rings. The smallest absolute Gasteiger partial charge is 0.312 e. The van der Waals surface area contributed by atoms with Crippen molar-refractivity contribution >= 4 is 11.9 Å². The maximum atomic E-state index is 12.7. The fraction of sp³-hybridized carbons (Fsp3) is 0.913. The number of rotatable bonds is 14. The average molecular weight is 383 g/mol. The summed E-state index contributed by atoms with van der Waals surface area (Å²) in [5.41, 5.74) is -0.721. The zero-order valence-electron chi connectivity index (χ0n) is 18.0. The van der Waals surface area contributed by atoms with Crippen LogP contribution in [0.25, 0.3) is 0 Å². The molecule has 0 amide bonds. The predicted octanol–water partition coefficient (Wildman–Crippen LogP) is 6.21. The van der Waals surface area contributed by atoms with Gasteiger partial charge in [-0.15, -0.1) is 0 Å². The Morgan fingerprint density at radius 1 is 0.815 bits per heavy atom. The van der Waals surface area contributed by atoms with Crippen LogP contribution in [0.4, 0.5) is 0 Å². The van der Waals surface area contributed by atoms with E-state index in [0.29, 0.717) is 13.2 Å². The van der Waals surface area contributed by atoms with E-state index in [-0.39, 0.29) is 17.9 Å². The predicted molar refractivity (Wildman–Crippen MR) is 110 cm³/mol. The third-order valence-electron chi connectivity index (χ3n) is 5.93. The van der Waals surface area contributed by atoms with Crippen LogP contribution >= 0.6 is 0 Å². The first-order valence-corrected chi connectivity index (χ1v) is 11.4. The molecule has 4 heteroatoms. The van der Waals surface area contributed by atoms with Gasteiger partial charge < -0.3 is 9.47 Å². The monoisotopic (exact) mass is 382 g/mol. The summed E-state index contributed by atoms with van der Waals surface area (Å²) in [6, 6.07) is 0. The van der Waals surface area contributed by atoms with Crippen LogP contribution in [0.2, 0.25) is 0 Å². The number of unbranched alkanes of at least 4 members (excludes halogenated alkanes) is 8. The van der Waals surface area contributed by atoms with E-state index in [2.05, 4.69) is 13.8 Å². The molecular formula is C23H42O4. The van der Waals surface area contributed by atoms with Crippen molar-refractivity contribution in [2.24, 2.45) is 11.3 Å². The molecule has 0 aliphatic heterocycles. The Hall–Kier alpha value is -1.06. The normalized spacial score (nSPS) is 22.4. The molecule has 4 nitrogen and oxygen atoms in total. The summed E-state index contributed by atoms with van der Waals surface area (Å²) in [6.07, 6.45) is 14.7. The third kappa shape index (κ3) is 8.66. The molecule has 2 unspecified atom stereocenters. The Balaban J connectivity index is 2.41. The zero-order chi connectivity index (χ0) is 20.0. The van der Waals surface area contributed by atoms with Crippen molar-refractivity contribution in [3.63, 3.8) is 0 Å². The van der Waals surface area contributed by atoms with Gasteiger partial charge in [0, 0.05) is 0 Å². The number of carbonyl (C=O) groups excluding carboxylic acids is 2. The Morgan fingerprint density at radius 2 is 1.37 bits per heavy atom. The second-order valence-electron chi connectivity index (χ2n) is 8.35. The lowest BCUT2D eigenvalue weighted by molar-refractivity contribution is -0.172. The van der Waals surface area contributed by atoms with Crippen LogP contribution in [0.15, 0.2) is 0 Å². The lowest BCUT2D eigenvalue weighted by Gasteiger charge is -2.37. The van der Waals surface area contributed by atoms with E-state index in [0.717, 1.165) is 51.4 Å². The van der Waals surface area contributed by atoms with Gasteiger partial charge in [0.05, 0.1) is 24.5 Å². The minimum absolute atomic E-state index is 0.201. The highest BCUT2D eigenvalue weighted by atomic mass is 16.5. The summed E-state index contributed by atoms with van der Waals surface area (Å²) in [6.45, 7) is 7.22. The number of ether oxygens (including phenoxy) is 2. The topological polar surface area (TPSA) is 52.6 Å². The molecule has 0 heterocycles. The standard InChI is InChI=1S/C23H42O4/c1-4-6-8-10-14-18-26-21(24)20-16-12-13-17-23(20,3)22(25)27-19-15-11-9-7-5-2/h20H,4-19H2,1-3H3. The minimum atomic E-state index is -0.721. The lowest BCUT2D eigenvalue weighted by Crippen LogP contribution is -2.44. The number of hydrogen-bond acceptors (Lipinski definition) is 4. The summed E-state index contributed by atoms with van der Waals surface area (Å²) in [7, 11) is 0. The molecule has 0 N–H and O–H groups in total. The minimum Gasteiger partial charge on any atom is -0.465 e. The maximum absolute atomic E-state index is 12.7. The molecule has 0 bridgehead atoms. The molecule has 1 rings (SSSR count). The molecule has 0 aromatic heterocycles. The SMILES string of the molecule is CCCCCCCOC(=O)C1CCCCC1(C)C(=O)OCCCCCCC. The van der Waals surface area contributed by atoms with E-state index >= 15 is 0 Å². The van der Waals surface area contributed by atoms with Gasteiger partial charge in [0.15, 0.2) is 0 Å². The van der Waals surface area contributed by atoms with Crippen LogP contribution in [0.3, 0.4) is 0 Å². The van der Waals surface area contributed by atoms with E-state index in [1.807, 2.05) is 6.92 Å². The van der Waals surface area contributed by atoms with Crippen LogP contribution in [0, 0.1) is 11.3 Å². The summed E-state index contributed by atoms with van der Waals surface area (Å²) in [4.78, 5) is 25.4. The van der Waals surface area contributed by atoms with E-state index in [9.17, 15) is 9.59 Å². The van der Waals surface area contributed by atoms with Gasteiger partial charge in [0.1, 0.15) is 0 Å². The molecule has 0 spiro atoms. The maximum Gasteiger partial charge on any atom is 0.312 e. The molecule has 27 heavy (non-hydrogen) atoms. The summed E-state index contributed by atoms with van der Waals surface area (Å²) in [5.74, 6) is -0.760. The van der Waals surface area contributed by atoms with E-state index in [1.165, 1.54) is 38.5 Å². The Labute approximate surface area is 166 Å². The van der Waals surface area contributed by atoms with Gasteiger partial charge in [-0.3, -0.25) is 9.59 Å². The Morgan fingerprint density at radius 3 is 1.96 bits per heavy atom. The van der Waals surface area contributed by atoms with Gasteiger partial charge in [0.2, 0.25) is 0 Å². The van der Waals surface area contributed by atoms with Crippen LogP contribution in [-0.2, 0) is 19.1 Å². The highest BCUT2D eigenvalue weighted by Gasteiger charge is 2.48. The number of hydrogen-bond donors (Lipinski definition) is 0. The number of carbonyl (C=O) groups is 2. The first-order valence-electron chi connectivity index (χ1n) is 11.4. The molecule has 0 aromatic carbocycles. The Bertz CT molecular complexity index is 421. The van der Waals surface area contributed by atoms with Crippen molar-refractivity contribution in [3.05, 3.63) is 0 Å².